The highest BCUT2D eigenvalue weighted by molar-refractivity contribution is 5.77. The standard InChI is InChI=1S/C27H40N6O4/c1-3-12-22(13-11-18-31-16-9-6-10-17-31)20-32(21-25(34)37-4-2)26-24(33(35)36)19-28-27(30-26)29-23-14-7-5-8-15-23/h3,11-13,19,23H,1,4-10,14-18,20-21H2,2H3,(H,28,29,30)/b13-11+,22-12+. The van der Waals surface area contributed by atoms with Gasteiger partial charge in [0, 0.05) is 19.1 Å². The number of nitrogens with zero attached hydrogens (tertiary/aromatic N) is 5. The Morgan fingerprint density at radius 1 is 1.24 bits per heavy atom. The summed E-state index contributed by atoms with van der Waals surface area (Å²) in [7, 11) is 0. The summed E-state index contributed by atoms with van der Waals surface area (Å²) in [6.07, 6.45) is 18.0. The molecule has 1 saturated heterocycles. The van der Waals surface area contributed by atoms with Crippen molar-refractivity contribution in [3.63, 3.8) is 0 Å². The minimum absolute atomic E-state index is 0.0887. The number of likely N-dealkylation sites (tertiary alicyclic amines) is 1. The second kappa shape index (κ2) is 15.1. The maximum absolute atomic E-state index is 12.5. The summed E-state index contributed by atoms with van der Waals surface area (Å²) in [6.45, 7) is 8.82. The number of rotatable bonds is 13. The van der Waals surface area contributed by atoms with Crippen LogP contribution in [-0.4, -0.2) is 71.1 Å². The summed E-state index contributed by atoms with van der Waals surface area (Å²) >= 11 is 0. The summed E-state index contributed by atoms with van der Waals surface area (Å²) in [5.41, 5.74) is 0.597. The number of piperidine rings is 1. The van der Waals surface area contributed by atoms with E-state index in [-0.39, 0.29) is 37.2 Å². The van der Waals surface area contributed by atoms with E-state index >= 15 is 0 Å². The van der Waals surface area contributed by atoms with Gasteiger partial charge in [-0.3, -0.25) is 19.8 Å². The van der Waals surface area contributed by atoms with Crippen LogP contribution in [0.4, 0.5) is 17.5 Å². The van der Waals surface area contributed by atoms with Crippen molar-refractivity contribution < 1.29 is 14.5 Å². The van der Waals surface area contributed by atoms with Crippen molar-refractivity contribution in [3.8, 4) is 0 Å². The molecule has 1 saturated carbocycles. The van der Waals surface area contributed by atoms with Crippen LogP contribution in [0.15, 0.2) is 42.7 Å². The lowest BCUT2D eigenvalue weighted by Crippen LogP contribution is -2.34. The molecule has 1 aromatic heterocycles. The van der Waals surface area contributed by atoms with Crippen LogP contribution < -0.4 is 10.2 Å². The zero-order valence-corrected chi connectivity index (χ0v) is 21.9. The normalized spacial score (nSPS) is 17.5. The Morgan fingerprint density at radius 2 is 1.97 bits per heavy atom. The number of allylic oxidation sites excluding steroid dienone is 2. The number of nitro groups is 1. The number of ether oxygens (including phenoxy) is 1. The Kier molecular flexibility index (Phi) is 11.5. The Balaban J connectivity index is 1.86. The largest absolute Gasteiger partial charge is 0.465 e. The van der Waals surface area contributed by atoms with Gasteiger partial charge in [0.1, 0.15) is 12.7 Å². The lowest BCUT2D eigenvalue weighted by Gasteiger charge is -2.26. The van der Waals surface area contributed by atoms with E-state index in [9.17, 15) is 14.9 Å². The molecule has 0 amide bonds. The van der Waals surface area contributed by atoms with Crippen molar-refractivity contribution >= 4 is 23.4 Å². The minimum Gasteiger partial charge on any atom is -0.465 e. The molecule has 2 aliphatic rings. The van der Waals surface area contributed by atoms with E-state index < -0.39 is 10.9 Å². The van der Waals surface area contributed by atoms with Gasteiger partial charge in [0.2, 0.25) is 11.8 Å². The van der Waals surface area contributed by atoms with Crippen LogP contribution in [-0.2, 0) is 9.53 Å². The molecule has 0 unspecified atom stereocenters. The lowest BCUT2D eigenvalue weighted by molar-refractivity contribution is -0.384. The van der Waals surface area contributed by atoms with Gasteiger partial charge in [-0.05, 0) is 51.3 Å². The predicted octanol–water partition coefficient (Wildman–Crippen LogP) is 4.65. The molecule has 2 heterocycles. The second-order valence-corrected chi connectivity index (χ2v) is 9.54. The molecule has 3 rings (SSSR count). The number of esters is 1. The molecule has 2 fully saturated rings. The molecular weight excluding hydrogens is 472 g/mol. The topological polar surface area (TPSA) is 114 Å². The third kappa shape index (κ3) is 9.27. The highest BCUT2D eigenvalue weighted by Gasteiger charge is 2.26. The first-order valence-corrected chi connectivity index (χ1v) is 13.4. The maximum Gasteiger partial charge on any atom is 0.329 e. The Bertz CT molecular complexity index is 968. The van der Waals surface area contributed by atoms with Crippen molar-refractivity contribution in [1.29, 1.82) is 0 Å². The molecular formula is C27H40N6O4. The molecule has 0 spiro atoms. The van der Waals surface area contributed by atoms with Gasteiger partial charge in [-0.1, -0.05) is 56.6 Å². The Hall–Kier alpha value is -3.27. The summed E-state index contributed by atoms with van der Waals surface area (Å²) < 4.78 is 5.17. The van der Waals surface area contributed by atoms with Crippen molar-refractivity contribution in [2.45, 2.75) is 64.3 Å². The van der Waals surface area contributed by atoms with Crippen LogP contribution in [0.5, 0.6) is 0 Å². The van der Waals surface area contributed by atoms with E-state index in [0.717, 1.165) is 50.9 Å². The predicted molar refractivity (Wildman–Crippen MR) is 146 cm³/mol. The van der Waals surface area contributed by atoms with Gasteiger partial charge < -0.3 is 15.0 Å². The molecule has 0 aromatic carbocycles. The molecule has 10 heteroatoms. The quantitative estimate of drug-likeness (QED) is 0.174. The molecule has 1 aliphatic carbocycles. The zero-order valence-electron chi connectivity index (χ0n) is 21.9. The van der Waals surface area contributed by atoms with Gasteiger partial charge in [-0.2, -0.15) is 4.98 Å². The van der Waals surface area contributed by atoms with E-state index in [1.54, 1.807) is 17.9 Å². The minimum atomic E-state index is -0.513. The van der Waals surface area contributed by atoms with Crippen molar-refractivity contribution in [3.05, 3.63) is 52.8 Å². The average Bonchev–Trinajstić information content (AvgIpc) is 2.89. The van der Waals surface area contributed by atoms with Crippen LogP contribution in [0.2, 0.25) is 0 Å². The van der Waals surface area contributed by atoms with Crippen LogP contribution in [0.1, 0.15) is 58.3 Å². The fourth-order valence-electron chi connectivity index (χ4n) is 4.82. The number of hydrogen-bond acceptors (Lipinski definition) is 9. The van der Waals surface area contributed by atoms with E-state index in [2.05, 4.69) is 32.8 Å². The van der Waals surface area contributed by atoms with Crippen LogP contribution >= 0.6 is 0 Å². The molecule has 1 aromatic rings. The number of carbonyl (C=O) groups is 1. The second-order valence-electron chi connectivity index (χ2n) is 9.54. The Labute approximate surface area is 219 Å². The van der Waals surface area contributed by atoms with Gasteiger partial charge >= 0.3 is 11.7 Å². The van der Waals surface area contributed by atoms with Crippen LogP contribution in [0, 0.1) is 10.1 Å². The monoisotopic (exact) mass is 512 g/mol. The number of hydrogen-bond donors (Lipinski definition) is 1. The smallest absolute Gasteiger partial charge is 0.329 e. The number of nitrogens with one attached hydrogen (secondary N) is 1. The van der Waals surface area contributed by atoms with Crippen molar-refractivity contribution in [2.24, 2.45) is 0 Å². The van der Waals surface area contributed by atoms with E-state index in [0.29, 0.717) is 5.95 Å². The molecule has 10 nitrogen and oxygen atoms in total. The number of aromatic nitrogens is 2. The van der Waals surface area contributed by atoms with Gasteiger partial charge in [0.05, 0.1) is 11.5 Å². The number of anilines is 2. The van der Waals surface area contributed by atoms with Crippen molar-refractivity contribution in [1.82, 2.24) is 14.9 Å². The van der Waals surface area contributed by atoms with Gasteiger partial charge in [-0.25, -0.2) is 4.98 Å². The first-order chi connectivity index (χ1) is 18.0. The Morgan fingerprint density at radius 3 is 2.65 bits per heavy atom. The van der Waals surface area contributed by atoms with E-state index in [1.807, 2.05) is 12.2 Å². The average molecular weight is 513 g/mol. The van der Waals surface area contributed by atoms with Gasteiger partial charge in [0.15, 0.2) is 0 Å². The maximum atomic E-state index is 12.5. The van der Waals surface area contributed by atoms with Crippen LogP contribution in [0.3, 0.4) is 0 Å². The first-order valence-electron chi connectivity index (χ1n) is 13.4. The molecule has 202 valence electrons. The molecule has 0 bridgehead atoms. The van der Waals surface area contributed by atoms with Crippen LogP contribution in [0.25, 0.3) is 0 Å². The first kappa shape index (κ1) is 28.3. The summed E-state index contributed by atoms with van der Waals surface area (Å²) in [4.78, 5) is 36.6. The molecule has 1 aliphatic heterocycles. The highest BCUT2D eigenvalue weighted by atomic mass is 16.6. The molecule has 0 radical (unpaired) electrons. The summed E-state index contributed by atoms with van der Waals surface area (Å²) in [5.74, 6) is -0.0607. The van der Waals surface area contributed by atoms with Crippen molar-refractivity contribution in [2.75, 3.05) is 49.5 Å². The third-order valence-electron chi connectivity index (χ3n) is 6.66. The highest BCUT2D eigenvalue weighted by Crippen LogP contribution is 2.28. The lowest BCUT2D eigenvalue weighted by atomic mass is 9.96. The molecule has 37 heavy (non-hydrogen) atoms. The van der Waals surface area contributed by atoms with Gasteiger partial charge in [0.25, 0.3) is 0 Å². The molecule has 1 N–H and O–H groups in total. The van der Waals surface area contributed by atoms with E-state index in [1.165, 1.54) is 31.9 Å². The summed E-state index contributed by atoms with van der Waals surface area (Å²) in [5, 5.41) is 15.2. The number of carbonyl (C=O) groups excluding carboxylic acids is 1. The third-order valence-corrected chi connectivity index (χ3v) is 6.66. The van der Waals surface area contributed by atoms with E-state index in [4.69, 9.17) is 4.74 Å². The fourth-order valence-corrected chi connectivity index (χ4v) is 4.82. The fraction of sp³-hybridized carbons (Fsp3) is 0.593. The zero-order chi connectivity index (χ0) is 26.5. The van der Waals surface area contributed by atoms with Gasteiger partial charge in [-0.15, -0.1) is 0 Å². The molecule has 0 atom stereocenters. The SMILES string of the molecule is C=C/C=C(\C=C\CN1CCCCC1)CN(CC(=O)OCC)c1nc(NC2CCCCC2)ncc1[N+](=O)[O-]. The summed E-state index contributed by atoms with van der Waals surface area (Å²) in [6, 6.07) is 0.232.